The number of alkyl halides is 5. The predicted octanol–water partition coefficient (Wildman–Crippen LogP) is 5.65. The van der Waals surface area contributed by atoms with Crippen LogP contribution in [0.2, 0.25) is 0 Å². The Morgan fingerprint density at radius 1 is 1.15 bits per heavy atom. The zero-order valence-electron chi connectivity index (χ0n) is 22.1. The van der Waals surface area contributed by atoms with E-state index in [1.807, 2.05) is 6.92 Å². The van der Waals surface area contributed by atoms with Gasteiger partial charge in [-0.15, -0.1) is 11.3 Å². The lowest BCUT2D eigenvalue weighted by Crippen LogP contribution is -2.23. The number of carbonyl (C=O) groups is 2. The first-order chi connectivity index (χ1) is 19.4. The fraction of sp³-hybridized carbons (Fsp3) is 0.423. The molecule has 41 heavy (non-hydrogen) atoms. The average Bonchev–Trinajstić information content (AvgIpc) is 3.50. The highest BCUT2D eigenvalue weighted by Crippen LogP contribution is 2.43. The van der Waals surface area contributed by atoms with Gasteiger partial charge in [0.2, 0.25) is 5.91 Å². The molecule has 0 aromatic carbocycles. The Kier molecular flexibility index (Phi) is 7.57. The van der Waals surface area contributed by atoms with Crippen LogP contribution in [-0.2, 0) is 36.9 Å². The molecule has 2 amide bonds. The Labute approximate surface area is 234 Å². The third kappa shape index (κ3) is 5.29. The highest BCUT2D eigenvalue weighted by atomic mass is 32.1. The summed E-state index contributed by atoms with van der Waals surface area (Å²) in [6, 6.07) is 1.17. The topological polar surface area (TPSA) is 121 Å². The number of rotatable bonds is 7. The molecular formula is C26H26F5N7O2S. The average molecular weight is 596 g/mol. The Balaban J connectivity index is 1.61. The lowest BCUT2D eigenvalue weighted by atomic mass is 10.0. The second-order valence-electron chi connectivity index (χ2n) is 9.74. The number of aromatic nitrogens is 5. The van der Waals surface area contributed by atoms with E-state index in [0.717, 1.165) is 22.4 Å². The van der Waals surface area contributed by atoms with Crippen molar-refractivity contribution in [2.45, 2.75) is 71.6 Å². The molecule has 4 aromatic rings. The monoisotopic (exact) mass is 595 g/mol. The van der Waals surface area contributed by atoms with Gasteiger partial charge in [0.15, 0.2) is 5.69 Å². The van der Waals surface area contributed by atoms with Crippen LogP contribution < -0.4 is 11.1 Å². The number of thiophene rings is 1. The van der Waals surface area contributed by atoms with Crippen LogP contribution in [0.25, 0.3) is 21.3 Å². The number of aryl methyl sites for hydroxylation is 1. The standard InChI is InChI=1S/C26H26F5N7O2S/c1-3-37-12(2)15(10-33-37)14-9-16(23(27)28)34-25-19(14)20(21(41-25)24(32)40)35-18(39)11-38-17-8-6-4-5-7-13(17)22(36-38)26(29,30)31/h9-10,23H,3-8,11H2,1-2H3,(H2,32,40)(H,35,39). The maximum atomic E-state index is 13.8. The van der Waals surface area contributed by atoms with Gasteiger partial charge < -0.3 is 11.1 Å². The zero-order chi connectivity index (χ0) is 29.6. The fourth-order valence-corrected chi connectivity index (χ4v) is 6.30. The molecule has 0 saturated heterocycles. The number of anilines is 1. The molecule has 0 radical (unpaired) electrons. The third-order valence-corrected chi connectivity index (χ3v) is 8.25. The maximum Gasteiger partial charge on any atom is 0.435 e. The van der Waals surface area contributed by atoms with E-state index in [4.69, 9.17) is 5.73 Å². The second-order valence-corrected chi connectivity index (χ2v) is 10.7. The third-order valence-electron chi connectivity index (χ3n) is 7.16. The van der Waals surface area contributed by atoms with Gasteiger partial charge in [0.1, 0.15) is 21.9 Å². The molecule has 15 heteroatoms. The molecular weight excluding hydrogens is 569 g/mol. The number of nitrogens with two attached hydrogens (primary N) is 1. The van der Waals surface area contributed by atoms with Crippen molar-refractivity contribution in [1.82, 2.24) is 24.5 Å². The predicted molar refractivity (Wildman–Crippen MR) is 142 cm³/mol. The number of hydrogen-bond donors (Lipinski definition) is 2. The van der Waals surface area contributed by atoms with Crippen molar-refractivity contribution in [2.75, 3.05) is 5.32 Å². The molecule has 3 N–H and O–H groups in total. The van der Waals surface area contributed by atoms with Gasteiger partial charge in [0.05, 0.1) is 11.9 Å². The summed E-state index contributed by atoms with van der Waals surface area (Å²) in [7, 11) is 0. The highest BCUT2D eigenvalue weighted by molar-refractivity contribution is 7.21. The molecule has 5 rings (SSSR count). The molecule has 0 saturated carbocycles. The van der Waals surface area contributed by atoms with Crippen LogP contribution >= 0.6 is 11.3 Å². The van der Waals surface area contributed by atoms with Crippen LogP contribution in [-0.4, -0.2) is 36.4 Å². The number of primary amides is 1. The van der Waals surface area contributed by atoms with E-state index in [2.05, 4.69) is 20.5 Å². The van der Waals surface area contributed by atoms with Crippen LogP contribution in [0.15, 0.2) is 12.3 Å². The van der Waals surface area contributed by atoms with Gasteiger partial charge in [0, 0.05) is 34.4 Å². The van der Waals surface area contributed by atoms with Crippen LogP contribution in [0.1, 0.15) is 70.6 Å². The summed E-state index contributed by atoms with van der Waals surface area (Å²) in [6.45, 7) is 3.56. The molecule has 4 aromatic heterocycles. The first kappa shape index (κ1) is 28.6. The molecule has 0 fully saturated rings. The minimum Gasteiger partial charge on any atom is -0.365 e. The largest absolute Gasteiger partial charge is 0.435 e. The van der Waals surface area contributed by atoms with Gasteiger partial charge in [0.25, 0.3) is 12.3 Å². The van der Waals surface area contributed by atoms with E-state index in [1.54, 1.807) is 11.6 Å². The van der Waals surface area contributed by atoms with E-state index in [-0.39, 0.29) is 38.3 Å². The van der Waals surface area contributed by atoms with Crippen LogP contribution in [0.5, 0.6) is 0 Å². The van der Waals surface area contributed by atoms with Crippen LogP contribution in [0, 0.1) is 6.92 Å². The molecule has 0 spiro atoms. The zero-order valence-corrected chi connectivity index (χ0v) is 22.9. The number of nitrogens with one attached hydrogen (secondary N) is 1. The number of nitrogens with zero attached hydrogens (tertiary/aromatic N) is 5. The van der Waals surface area contributed by atoms with Crippen molar-refractivity contribution in [1.29, 1.82) is 0 Å². The van der Waals surface area contributed by atoms with E-state index in [9.17, 15) is 31.5 Å². The number of carbonyl (C=O) groups excluding carboxylic acids is 2. The van der Waals surface area contributed by atoms with Crippen molar-refractivity contribution in [3.05, 3.63) is 45.5 Å². The van der Waals surface area contributed by atoms with Crippen LogP contribution in [0.4, 0.5) is 27.6 Å². The molecule has 0 atom stereocenters. The SMILES string of the molecule is CCn1ncc(-c2cc(C(F)F)nc3sc(C(N)=O)c(NC(=O)Cn4nc(C(F)(F)F)c5c4CCCCC5)c23)c1C. The molecule has 1 aliphatic rings. The summed E-state index contributed by atoms with van der Waals surface area (Å²) < 4.78 is 71.5. The minimum absolute atomic E-state index is 0.0397. The highest BCUT2D eigenvalue weighted by Gasteiger charge is 2.39. The summed E-state index contributed by atoms with van der Waals surface area (Å²) in [4.78, 5) is 29.6. The first-order valence-electron chi connectivity index (χ1n) is 12.9. The van der Waals surface area contributed by atoms with Gasteiger partial charge in [-0.3, -0.25) is 19.0 Å². The number of pyridine rings is 1. The number of fused-ring (bicyclic) bond motifs is 2. The van der Waals surface area contributed by atoms with E-state index in [0.29, 0.717) is 42.8 Å². The van der Waals surface area contributed by atoms with E-state index < -0.39 is 42.3 Å². The second kappa shape index (κ2) is 10.8. The van der Waals surface area contributed by atoms with Crippen LogP contribution in [0.3, 0.4) is 0 Å². The quantitative estimate of drug-likeness (QED) is 0.211. The van der Waals surface area contributed by atoms with Crippen molar-refractivity contribution >= 4 is 39.1 Å². The van der Waals surface area contributed by atoms with Crippen molar-refractivity contribution < 1.29 is 31.5 Å². The molecule has 1 aliphatic carbocycles. The van der Waals surface area contributed by atoms with Gasteiger partial charge in [-0.1, -0.05) is 6.42 Å². The smallest absolute Gasteiger partial charge is 0.365 e. The van der Waals surface area contributed by atoms with Gasteiger partial charge in [-0.05, 0) is 51.2 Å². The number of hydrogen-bond acceptors (Lipinski definition) is 6. The normalized spacial score (nSPS) is 14.0. The Morgan fingerprint density at radius 2 is 1.88 bits per heavy atom. The van der Waals surface area contributed by atoms with Gasteiger partial charge >= 0.3 is 6.18 Å². The summed E-state index contributed by atoms with van der Waals surface area (Å²) in [5, 5.41) is 10.8. The maximum absolute atomic E-state index is 13.8. The molecule has 0 bridgehead atoms. The summed E-state index contributed by atoms with van der Waals surface area (Å²) in [5.74, 6) is -1.69. The molecule has 0 unspecified atom stereocenters. The Bertz CT molecular complexity index is 1650. The molecule has 0 aliphatic heterocycles. The van der Waals surface area contributed by atoms with E-state index >= 15 is 0 Å². The lowest BCUT2D eigenvalue weighted by Gasteiger charge is -2.12. The minimum atomic E-state index is -4.68. The fourth-order valence-electron chi connectivity index (χ4n) is 5.29. The summed E-state index contributed by atoms with van der Waals surface area (Å²) in [6.07, 6.45) is -3.56. The van der Waals surface area contributed by atoms with E-state index in [1.165, 1.54) is 12.3 Å². The van der Waals surface area contributed by atoms with Crippen molar-refractivity contribution in [3.8, 4) is 11.1 Å². The lowest BCUT2D eigenvalue weighted by molar-refractivity contribution is -0.142. The first-order valence-corrected chi connectivity index (χ1v) is 13.8. The Hall–Kier alpha value is -3.88. The van der Waals surface area contributed by atoms with Crippen molar-refractivity contribution in [2.24, 2.45) is 5.73 Å². The molecule has 4 heterocycles. The Morgan fingerprint density at radius 3 is 2.51 bits per heavy atom. The molecule has 218 valence electrons. The number of halogens is 5. The van der Waals surface area contributed by atoms with Gasteiger partial charge in [-0.2, -0.15) is 23.4 Å². The summed E-state index contributed by atoms with van der Waals surface area (Å²) >= 11 is 0.740. The number of amides is 2. The van der Waals surface area contributed by atoms with Gasteiger partial charge in [-0.25, -0.2) is 13.8 Å². The molecule has 9 nitrogen and oxygen atoms in total. The summed E-state index contributed by atoms with van der Waals surface area (Å²) in [5.41, 5.74) is 5.84. The van der Waals surface area contributed by atoms with Crippen molar-refractivity contribution in [3.63, 3.8) is 0 Å².